The molecule has 2 aromatic carbocycles. The highest BCUT2D eigenvalue weighted by atomic mass is 19.1. The summed E-state index contributed by atoms with van der Waals surface area (Å²) in [5.74, 6) is -3.08. The monoisotopic (exact) mass is 373 g/mol. The van der Waals surface area contributed by atoms with Gasteiger partial charge in [0.1, 0.15) is 11.5 Å². The van der Waals surface area contributed by atoms with Crippen LogP contribution in [-0.2, 0) is 4.79 Å². The van der Waals surface area contributed by atoms with E-state index in [-0.39, 0.29) is 11.8 Å². The molecule has 1 heterocycles. The van der Waals surface area contributed by atoms with E-state index < -0.39 is 29.0 Å². The molecule has 0 aliphatic carbocycles. The van der Waals surface area contributed by atoms with Gasteiger partial charge in [0.25, 0.3) is 0 Å². The topological polar surface area (TPSA) is 84.1 Å². The van der Waals surface area contributed by atoms with Crippen LogP contribution in [0.2, 0.25) is 0 Å². The molecule has 0 radical (unpaired) electrons. The lowest BCUT2D eigenvalue weighted by molar-refractivity contribution is -0.116. The second-order valence-electron chi connectivity index (χ2n) is 5.54. The van der Waals surface area contributed by atoms with Crippen LogP contribution in [0.1, 0.15) is 6.92 Å². The van der Waals surface area contributed by atoms with E-state index in [9.17, 15) is 18.0 Å². The number of nitrogens with zero attached hydrogens (tertiary/aromatic N) is 3. The van der Waals surface area contributed by atoms with E-state index in [2.05, 4.69) is 15.4 Å². The Kier molecular flexibility index (Phi) is 4.93. The molecule has 1 amide bonds. The predicted octanol–water partition coefficient (Wildman–Crippen LogP) is 3.52. The number of para-hydroxylation sites is 1. The summed E-state index contributed by atoms with van der Waals surface area (Å²) in [5.41, 5.74) is 8.53. The first-order chi connectivity index (χ1) is 12.8. The highest BCUT2D eigenvalue weighted by Crippen LogP contribution is 2.26. The van der Waals surface area contributed by atoms with Crippen molar-refractivity contribution in [3.8, 4) is 11.3 Å². The van der Waals surface area contributed by atoms with Gasteiger partial charge in [0.15, 0.2) is 17.5 Å². The number of nitrogens with one attached hydrogen (secondary N) is 1. The molecule has 0 spiro atoms. The van der Waals surface area contributed by atoms with Crippen molar-refractivity contribution < 1.29 is 18.0 Å². The SMILES string of the molecule is CC(=O)N(Nc1cc(-c2ccc(F)cc2)nc(N)n1)c1c(F)cccc1F. The Hall–Kier alpha value is -3.62. The largest absolute Gasteiger partial charge is 0.368 e. The number of rotatable bonds is 4. The molecule has 6 nitrogen and oxygen atoms in total. The molecule has 138 valence electrons. The molecular formula is C18H14F3N5O. The third-order valence-electron chi connectivity index (χ3n) is 3.59. The number of aromatic nitrogens is 2. The summed E-state index contributed by atoms with van der Waals surface area (Å²) >= 11 is 0. The number of amides is 1. The van der Waals surface area contributed by atoms with Crippen LogP contribution in [0.15, 0.2) is 48.5 Å². The maximum Gasteiger partial charge on any atom is 0.242 e. The Balaban J connectivity index is 2.00. The maximum absolute atomic E-state index is 14.1. The first-order valence-corrected chi connectivity index (χ1v) is 7.77. The number of hydrazine groups is 1. The van der Waals surface area contributed by atoms with Gasteiger partial charge in [-0.05, 0) is 36.4 Å². The minimum Gasteiger partial charge on any atom is -0.368 e. The van der Waals surface area contributed by atoms with Gasteiger partial charge in [0.05, 0.1) is 5.69 Å². The summed E-state index contributed by atoms with van der Waals surface area (Å²) in [6.07, 6.45) is 0. The van der Waals surface area contributed by atoms with Gasteiger partial charge in [-0.25, -0.2) is 23.2 Å². The van der Waals surface area contributed by atoms with Gasteiger partial charge in [0.2, 0.25) is 11.9 Å². The third kappa shape index (κ3) is 3.97. The number of carbonyl (C=O) groups excluding carboxylic acids is 1. The Bertz CT molecular complexity index is 975. The zero-order valence-electron chi connectivity index (χ0n) is 14.1. The van der Waals surface area contributed by atoms with Crippen molar-refractivity contribution in [2.24, 2.45) is 0 Å². The maximum atomic E-state index is 14.1. The fourth-order valence-electron chi connectivity index (χ4n) is 2.40. The summed E-state index contributed by atoms with van der Waals surface area (Å²) in [5, 5.41) is 0.681. The lowest BCUT2D eigenvalue weighted by Crippen LogP contribution is -2.36. The van der Waals surface area contributed by atoms with Crippen molar-refractivity contribution in [1.82, 2.24) is 9.97 Å². The normalized spacial score (nSPS) is 10.5. The van der Waals surface area contributed by atoms with Crippen molar-refractivity contribution in [1.29, 1.82) is 0 Å². The van der Waals surface area contributed by atoms with E-state index in [1.807, 2.05) is 0 Å². The summed E-state index contributed by atoms with van der Waals surface area (Å²) in [7, 11) is 0. The van der Waals surface area contributed by atoms with E-state index in [0.29, 0.717) is 16.3 Å². The van der Waals surface area contributed by atoms with Gasteiger partial charge in [-0.1, -0.05) is 6.07 Å². The molecule has 1 aromatic heterocycles. The average Bonchev–Trinajstić information content (AvgIpc) is 2.60. The average molecular weight is 373 g/mol. The number of carbonyl (C=O) groups is 1. The van der Waals surface area contributed by atoms with Crippen molar-refractivity contribution in [3.05, 3.63) is 66.0 Å². The first kappa shape index (κ1) is 18.2. The molecule has 0 unspecified atom stereocenters. The van der Waals surface area contributed by atoms with Crippen LogP contribution in [0.3, 0.4) is 0 Å². The van der Waals surface area contributed by atoms with E-state index in [4.69, 9.17) is 5.73 Å². The second-order valence-corrected chi connectivity index (χ2v) is 5.54. The highest BCUT2D eigenvalue weighted by Gasteiger charge is 2.21. The molecule has 0 saturated carbocycles. The fraction of sp³-hybridized carbons (Fsp3) is 0.0556. The molecule has 0 atom stereocenters. The summed E-state index contributed by atoms with van der Waals surface area (Å²) in [6, 6.07) is 10.1. The number of anilines is 3. The van der Waals surface area contributed by atoms with Crippen LogP contribution in [0.5, 0.6) is 0 Å². The number of halogens is 3. The van der Waals surface area contributed by atoms with Crippen molar-refractivity contribution >= 4 is 23.4 Å². The van der Waals surface area contributed by atoms with Crippen LogP contribution in [0.4, 0.5) is 30.6 Å². The van der Waals surface area contributed by atoms with Gasteiger partial charge >= 0.3 is 0 Å². The third-order valence-corrected chi connectivity index (χ3v) is 3.59. The minimum atomic E-state index is -0.932. The molecule has 0 aliphatic rings. The molecule has 3 aromatic rings. The van der Waals surface area contributed by atoms with Crippen LogP contribution in [0.25, 0.3) is 11.3 Å². The zero-order valence-corrected chi connectivity index (χ0v) is 14.1. The molecule has 0 saturated heterocycles. The molecule has 0 bridgehead atoms. The van der Waals surface area contributed by atoms with E-state index in [1.165, 1.54) is 36.4 Å². The number of benzene rings is 2. The Labute approximate surface area is 152 Å². The van der Waals surface area contributed by atoms with Crippen LogP contribution in [-0.4, -0.2) is 15.9 Å². The van der Waals surface area contributed by atoms with Gasteiger partial charge in [-0.3, -0.25) is 10.2 Å². The van der Waals surface area contributed by atoms with Crippen LogP contribution in [0, 0.1) is 17.5 Å². The van der Waals surface area contributed by atoms with E-state index in [0.717, 1.165) is 19.1 Å². The smallest absolute Gasteiger partial charge is 0.242 e. The Morgan fingerprint density at radius 3 is 2.26 bits per heavy atom. The summed E-state index contributed by atoms with van der Waals surface area (Å²) < 4.78 is 41.2. The van der Waals surface area contributed by atoms with Crippen LogP contribution >= 0.6 is 0 Å². The number of hydrogen-bond acceptors (Lipinski definition) is 5. The molecule has 3 rings (SSSR count). The highest BCUT2D eigenvalue weighted by molar-refractivity contribution is 5.93. The second kappa shape index (κ2) is 7.32. The van der Waals surface area contributed by atoms with Crippen molar-refractivity contribution in [3.63, 3.8) is 0 Å². The van der Waals surface area contributed by atoms with E-state index in [1.54, 1.807) is 0 Å². The number of hydrogen-bond donors (Lipinski definition) is 2. The predicted molar refractivity (Wildman–Crippen MR) is 95.0 cm³/mol. The number of nitrogen functional groups attached to an aromatic ring is 1. The summed E-state index contributed by atoms with van der Waals surface area (Å²) in [6.45, 7) is 1.13. The van der Waals surface area contributed by atoms with Crippen molar-refractivity contribution in [2.45, 2.75) is 6.92 Å². The zero-order chi connectivity index (χ0) is 19.6. The van der Waals surface area contributed by atoms with E-state index >= 15 is 0 Å². The van der Waals surface area contributed by atoms with Gasteiger partial charge in [-0.2, -0.15) is 4.98 Å². The molecule has 0 aliphatic heterocycles. The molecular weight excluding hydrogens is 359 g/mol. The number of nitrogens with two attached hydrogens (primary N) is 1. The van der Waals surface area contributed by atoms with Crippen LogP contribution < -0.4 is 16.2 Å². The van der Waals surface area contributed by atoms with Gasteiger partial charge in [0, 0.05) is 18.6 Å². The molecule has 9 heteroatoms. The fourth-order valence-corrected chi connectivity index (χ4v) is 2.40. The molecule has 3 N–H and O–H groups in total. The molecule has 0 fully saturated rings. The molecule has 27 heavy (non-hydrogen) atoms. The quantitative estimate of drug-likeness (QED) is 0.684. The Morgan fingerprint density at radius 2 is 1.67 bits per heavy atom. The lowest BCUT2D eigenvalue weighted by atomic mass is 10.1. The van der Waals surface area contributed by atoms with Gasteiger partial charge < -0.3 is 5.73 Å². The van der Waals surface area contributed by atoms with Crippen molar-refractivity contribution in [2.75, 3.05) is 16.2 Å². The lowest BCUT2D eigenvalue weighted by Gasteiger charge is -2.23. The van der Waals surface area contributed by atoms with Gasteiger partial charge in [-0.15, -0.1) is 0 Å². The Morgan fingerprint density at radius 1 is 1.04 bits per heavy atom. The summed E-state index contributed by atoms with van der Waals surface area (Å²) in [4.78, 5) is 19.9. The first-order valence-electron chi connectivity index (χ1n) is 7.77. The minimum absolute atomic E-state index is 0.0275. The standard InChI is InChI=1S/C18H14F3N5O/c1-10(27)26(17-13(20)3-2-4-14(17)21)25-16-9-15(23-18(22)24-16)11-5-7-12(19)8-6-11/h2-9H,1H3,(H3,22,23,24,25).